The summed E-state index contributed by atoms with van der Waals surface area (Å²) in [5, 5.41) is 3.50. The first kappa shape index (κ1) is 20.4. The van der Waals surface area contributed by atoms with E-state index in [0.29, 0.717) is 16.3 Å². The Morgan fingerprint density at radius 1 is 1.10 bits per heavy atom. The van der Waals surface area contributed by atoms with Gasteiger partial charge in [0.15, 0.2) is 0 Å². The van der Waals surface area contributed by atoms with Crippen LogP contribution in [0.1, 0.15) is 28.8 Å². The van der Waals surface area contributed by atoms with Gasteiger partial charge in [0.1, 0.15) is 4.90 Å². The van der Waals surface area contributed by atoms with Crippen LogP contribution in [0, 0.1) is 0 Å². The zero-order valence-corrected chi connectivity index (χ0v) is 17.6. The molecule has 0 radical (unpaired) electrons. The van der Waals surface area contributed by atoms with Crippen molar-refractivity contribution in [2.75, 3.05) is 4.31 Å². The van der Waals surface area contributed by atoms with Gasteiger partial charge >= 0.3 is 0 Å². The van der Waals surface area contributed by atoms with Gasteiger partial charge in [-0.05, 0) is 60.9 Å². The molecule has 0 unspecified atom stereocenters. The molecule has 1 N–H and O–H groups in total. The van der Waals surface area contributed by atoms with Crippen LogP contribution in [-0.4, -0.2) is 25.4 Å². The van der Waals surface area contributed by atoms with Crippen LogP contribution in [0.3, 0.4) is 0 Å². The minimum Gasteiger partial charge on any atom is -0.349 e. The SMILES string of the molecule is O=C(NC1CC1)c1cccc(N(Cc2ccc(Cl)cc2)S(=O)(=O)c2cccnc2)c1. The van der Waals surface area contributed by atoms with Crippen LogP contribution in [0.15, 0.2) is 78.0 Å². The highest BCUT2D eigenvalue weighted by atomic mass is 35.5. The second-order valence-electron chi connectivity index (χ2n) is 7.12. The third kappa shape index (κ3) is 4.63. The molecule has 0 atom stereocenters. The van der Waals surface area contributed by atoms with Crippen LogP contribution in [0.2, 0.25) is 5.02 Å². The molecule has 1 aliphatic carbocycles. The number of hydrogen-bond donors (Lipinski definition) is 1. The van der Waals surface area contributed by atoms with Gasteiger partial charge in [-0.2, -0.15) is 0 Å². The summed E-state index contributed by atoms with van der Waals surface area (Å²) >= 11 is 5.97. The maximum atomic E-state index is 13.4. The van der Waals surface area contributed by atoms with E-state index >= 15 is 0 Å². The number of nitrogens with one attached hydrogen (secondary N) is 1. The van der Waals surface area contributed by atoms with E-state index in [1.165, 1.54) is 22.8 Å². The van der Waals surface area contributed by atoms with E-state index in [-0.39, 0.29) is 23.4 Å². The summed E-state index contributed by atoms with van der Waals surface area (Å²) in [5.74, 6) is -0.204. The fourth-order valence-electron chi connectivity index (χ4n) is 3.00. The van der Waals surface area contributed by atoms with Crippen LogP contribution < -0.4 is 9.62 Å². The van der Waals surface area contributed by atoms with Gasteiger partial charge in [0, 0.05) is 29.0 Å². The van der Waals surface area contributed by atoms with Crippen LogP contribution in [0.25, 0.3) is 0 Å². The summed E-state index contributed by atoms with van der Waals surface area (Å²) in [4.78, 5) is 16.5. The van der Waals surface area contributed by atoms with Crippen molar-refractivity contribution in [2.24, 2.45) is 0 Å². The zero-order chi connectivity index (χ0) is 21.1. The molecule has 1 saturated carbocycles. The second kappa shape index (κ2) is 8.45. The molecule has 0 aliphatic heterocycles. The molecule has 154 valence electrons. The maximum absolute atomic E-state index is 13.4. The number of hydrogen-bond acceptors (Lipinski definition) is 4. The number of benzene rings is 2. The van der Waals surface area contributed by atoms with Crippen molar-refractivity contribution >= 4 is 33.2 Å². The standard InChI is InChI=1S/C22H20ClN3O3S/c23-18-8-6-16(7-9-18)15-26(30(28,29)21-5-2-12-24-14-21)20-4-1-3-17(13-20)22(27)25-19-10-11-19/h1-9,12-14,19H,10-11,15H2,(H,25,27). The topological polar surface area (TPSA) is 79.4 Å². The number of carbonyl (C=O) groups excluding carboxylic acids is 1. The molecule has 0 saturated heterocycles. The molecular weight excluding hydrogens is 422 g/mol. The number of aromatic nitrogens is 1. The molecule has 1 heterocycles. The molecule has 0 spiro atoms. The van der Waals surface area contributed by atoms with Gasteiger partial charge in [-0.3, -0.25) is 14.1 Å². The minimum atomic E-state index is -3.91. The van der Waals surface area contributed by atoms with E-state index in [1.54, 1.807) is 54.6 Å². The molecule has 1 aliphatic rings. The molecule has 8 heteroatoms. The quantitative estimate of drug-likeness (QED) is 0.600. The van der Waals surface area contributed by atoms with Gasteiger partial charge in [-0.15, -0.1) is 0 Å². The summed E-state index contributed by atoms with van der Waals surface area (Å²) in [6, 6.07) is 16.9. The zero-order valence-electron chi connectivity index (χ0n) is 16.0. The Morgan fingerprint density at radius 2 is 1.87 bits per heavy atom. The molecular formula is C22H20ClN3O3S. The van der Waals surface area contributed by atoms with E-state index in [2.05, 4.69) is 10.3 Å². The first-order chi connectivity index (χ1) is 14.4. The van der Waals surface area contributed by atoms with E-state index in [1.807, 2.05) is 0 Å². The van der Waals surface area contributed by atoms with Crippen LogP contribution in [0.4, 0.5) is 5.69 Å². The van der Waals surface area contributed by atoms with E-state index in [0.717, 1.165) is 18.4 Å². The largest absolute Gasteiger partial charge is 0.349 e. The van der Waals surface area contributed by atoms with Crippen molar-refractivity contribution in [1.82, 2.24) is 10.3 Å². The van der Waals surface area contributed by atoms with Crippen molar-refractivity contribution in [3.8, 4) is 0 Å². The van der Waals surface area contributed by atoms with Gasteiger partial charge in [0.05, 0.1) is 12.2 Å². The average Bonchev–Trinajstić information content (AvgIpc) is 3.58. The van der Waals surface area contributed by atoms with E-state index in [9.17, 15) is 13.2 Å². The lowest BCUT2D eigenvalue weighted by atomic mass is 10.1. The van der Waals surface area contributed by atoms with Crippen LogP contribution in [0.5, 0.6) is 0 Å². The smallest absolute Gasteiger partial charge is 0.266 e. The number of halogens is 1. The van der Waals surface area contributed by atoms with E-state index < -0.39 is 10.0 Å². The highest BCUT2D eigenvalue weighted by molar-refractivity contribution is 7.92. The number of pyridine rings is 1. The van der Waals surface area contributed by atoms with Crippen molar-refractivity contribution in [3.05, 3.63) is 89.2 Å². The van der Waals surface area contributed by atoms with Gasteiger partial charge in [-0.25, -0.2) is 8.42 Å². The van der Waals surface area contributed by atoms with Crippen molar-refractivity contribution in [3.63, 3.8) is 0 Å². The lowest BCUT2D eigenvalue weighted by Crippen LogP contribution is -2.31. The molecule has 1 fully saturated rings. The summed E-state index contributed by atoms with van der Waals surface area (Å²) in [5.41, 5.74) is 1.58. The van der Waals surface area contributed by atoms with E-state index in [4.69, 9.17) is 11.6 Å². The summed E-state index contributed by atoms with van der Waals surface area (Å²) in [7, 11) is -3.91. The fraction of sp³-hybridized carbons (Fsp3) is 0.182. The monoisotopic (exact) mass is 441 g/mol. The van der Waals surface area contributed by atoms with Gasteiger partial charge in [0.2, 0.25) is 0 Å². The predicted octanol–water partition coefficient (Wildman–Crippen LogP) is 4.02. The number of nitrogens with zero attached hydrogens (tertiary/aromatic N) is 2. The Labute approximate surface area is 180 Å². The summed E-state index contributed by atoms with van der Waals surface area (Å²) < 4.78 is 28.1. The predicted molar refractivity (Wildman–Crippen MR) is 116 cm³/mol. The van der Waals surface area contributed by atoms with Crippen molar-refractivity contribution in [1.29, 1.82) is 0 Å². The second-order valence-corrected chi connectivity index (χ2v) is 9.42. The Kier molecular flexibility index (Phi) is 5.74. The van der Waals surface area contributed by atoms with Crippen molar-refractivity contribution < 1.29 is 13.2 Å². The Bertz CT molecular complexity index is 1150. The van der Waals surface area contributed by atoms with Crippen molar-refractivity contribution in [2.45, 2.75) is 30.3 Å². The third-order valence-corrected chi connectivity index (χ3v) is 6.78. The Morgan fingerprint density at radius 3 is 2.53 bits per heavy atom. The number of anilines is 1. The van der Waals surface area contributed by atoms with Crippen LogP contribution in [-0.2, 0) is 16.6 Å². The minimum absolute atomic E-state index is 0.0757. The molecule has 3 aromatic rings. The highest BCUT2D eigenvalue weighted by Gasteiger charge is 2.27. The maximum Gasteiger partial charge on any atom is 0.266 e. The first-order valence-electron chi connectivity index (χ1n) is 9.51. The summed E-state index contributed by atoms with van der Waals surface area (Å²) in [6.45, 7) is 0.0854. The Balaban J connectivity index is 1.73. The molecule has 6 nitrogen and oxygen atoms in total. The number of sulfonamides is 1. The van der Waals surface area contributed by atoms with Gasteiger partial charge in [0.25, 0.3) is 15.9 Å². The number of rotatable bonds is 7. The Hall–Kier alpha value is -2.90. The lowest BCUT2D eigenvalue weighted by molar-refractivity contribution is 0.0951. The molecule has 1 aromatic heterocycles. The molecule has 1 amide bonds. The number of amides is 1. The average molecular weight is 442 g/mol. The number of carbonyl (C=O) groups is 1. The molecule has 0 bridgehead atoms. The normalized spacial score (nSPS) is 13.6. The lowest BCUT2D eigenvalue weighted by Gasteiger charge is -2.25. The highest BCUT2D eigenvalue weighted by Crippen LogP contribution is 2.27. The molecule has 2 aromatic carbocycles. The first-order valence-corrected chi connectivity index (χ1v) is 11.3. The van der Waals surface area contributed by atoms with Crippen LogP contribution >= 0.6 is 11.6 Å². The van der Waals surface area contributed by atoms with Gasteiger partial charge < -0.3 is 5.32 Å². The van der Waals surface area contributed by atoms with Gasteiger partial charge in [-0.1, -0.05) is 29.8 Å². The summed E-state index contributed by atoms with van der Waals surface area (Å²) in [6.07, 6.45) is 4.78. The third-order valence-electron chi connectivity index (χ3n) is 4.77. The molecule has 4 rings (SSSR count). The fourth-order valence-corrected chi connectivity index (χ4v) is 4.53. The molecule has 30 heavy (non-hydrogen) atoms.